The molecule has 0 amide bonds. The first-order valence-electron chi connectivity index (χ1n) is 4.93. The van der Waals surface area contributed by atoms with Gasteiger partial charge in [0, 0.05) is 30.9 Å². The highest BCUT2D eigenvalue weighted by Gasteiger charge is 2.06. The summed E-state index contributed by atoms with van der Waals surface area (Å²) >= 11 is 1.40. The number of aromatic nitrogens is 3. The summed E-state index contributed by atoms with van der Waals surface area (Å²) in [4.78, 5) is 29.6. The van der Waals surface area contributed by atoms with Crippen molar-refractivity contribution < 1.29 is 0 Å². The highest BCUT2D eigenvalue weighted by molar-refractivity contribution is 7.98. The van der Waals surface area contributed by atoms with Crippen LogP contribution in [0, 0.1) is 0 Å². The van der Waals surface area contributed by atoms with Crippen LogP contribution >= 0.6 is 11.8 Å². The molecule has 6 heteroatoms. The monoisotopic (exact) mass is 249 g/mol. The fraction of sp³-hybridized carbons (Fsp3) is 0.182. The smallest absolute Gasteiger partial charge is 0.254 e. The van der Waals surface area contributed by atoms with Crippen LogP contribution in [0.5, 0.6) is 0 Å². The van der Waals surface area contributed by atoms with Crippen LogP contribution in [0.1, 0.15) is 0 Å². The third kappa shape index (κ3) is 2.31. The van der Waals surface area contributed by atoms with Crippen LogP contribution in [-0.2, 0) is 7.05 Å². The summed E-state index contributed by atoms with van der Waals surface area (Å²) in [7, 11) is 1.68. The fourth-order valence-electron chi connectivity index (χ4n) is 1.42. The average molecular weight is 249 g/mol. The van der Waals surface area contributed by atoms with E-state index in [1.807, 2.05) is 6.26 Å². The first kappa shape index (κ1) is 11.7. The minimum absolute atomic E-state index is 0.120. The zero-order valence-electron chi connectivity index (χ0n) is 9.43. The van der Waals surface area contributed by atoms with E-state index >= 15 is 0 Å². The number of aromatic amines is 1. The van der Waals surface area contributed by atoms with Gasteiger partial charge in [0.2, 0.25) is 5.56 Å². The molecule has 0 bridgehead atoms. The lowest BCUT2D eigenvalue weighted by Gasteiger charge is -2.06. The van der Waals surface area contributed by atoms with E-state index in [-0.39, 0.29) is 11.1 Å². The Bertz CT molecular complexity index is 640. The molecule has 0 fully saturated rings. The van der Waals surface area contributed by atoms with Gasteiger partial charge in [0.25, 0.3) is 5.56 Å². The largest absolute Gasteiger partial charge is 0.328 e. The standard InChI is InChI=1S/C11H11N3O2S/c1-14-10(16)5-8(13-11(14)17-2)7-3-4-9(15)12-6-7/h3-6H,1-2H3,(H,12,15). The summed E-state index contributed by atoms with van der Waals surface area (Å²) in [5.74, 6) is 0. The van der Waals surface area contributed by atoms with E-state index in [0.717, 1.165) is 5.56 Å². The van der Waals surface area contributed by atoms with Crippen molar-refractivity contribution in [2.24, 2.45) is 7.05 Å². The molecule has 0 aromatic carbocycles. The number of nitrogens with zero attached hydrogens (tertiary/aromatic N) is 2. The van der Waals surface area contributed by atoms with Crippen LogP contribution in [0.15, 0.2) is 39.1 Å². The van der Waals surface area contributed by atoms with Crippen molar-refractivity contribution in [2.45, 2.75) is 5.16 Å². The Morgan fingerprint density at radius 1 is 1.35 bits per heavy atom. The molecule has 0 atom stereocenters. The van der Waals surface area contributed by atoms with Crippen molar-refractivity contribution in [3.8, 4) is 11.3 Å². The minimum Gasteiger partial charge on any atom is -0.328 e. The van der Waals surface area contributed by atoms with Crippen LogP contribution in [0.25, 0.3) is 11.3 Å². The first-order valence-corrected chi connectivity index (χ1v) is 6.15. The quantitative estimate of drug-likeness (QED) is 0.633. The molecule has 2 rings (SSSR count). The van der Waals surface area contributed by atoms with Crippen LogP contribution in [0.4, 0.5) is 0 Å². The molecule has 5 nitrogen and oxygen atoms in total. The number of rotatable bonds is 2. The van der Waals surface area contributed by atoms with E-state index in [9.17, 15) is 9.59 Å². The molecular weight excluding hydrogens is 238 g/mol. The molecule has 2 aromatic heterocycles. The lowest BCUT2D eigenvalue weighted by atomic mass is 10.2. The molecule has 1 N–H and O–H groups in total. The van der Waals surface area contributed by atoms with Gasteiger partial charge in [0.1, 0.15) is 0 Å². The molecule has 0 radical (unpaired) electrons. The topological polar surface area (TPSA) is 67.8 Å². The summed E-state index contributed by atoms with van der Waals surface area (Å²) in [6, 6.07) is 4.51. The van der Waals surface area contributed by atoms with Crippen molar-refractivity contribution in [3.05, 3.63) is 45.1 Å². The molecule has 0 aliphatic carbocycles. The zero-order valence-corrected chi connectivity index (χ0v) is 10.2. The van der Waals surface area contributed by atoms with Gasteiger partial charge >= 0.3 is 0 Å². The molecule has 0 saturated carbocycles. The Labute approximate surface area is 102 Å². The predicted octanol–water partition coefficient (Wildman–Crippen LogP) is 0.857. The van der Waals surface area contributed by atoms with Gasteiger partial charge in [-0.05, 0) is 12.3 Å². The van der Waals surface area contributed by atoms with Gasteiger partial charge in [-0.25, -0.2) is 4.98 Å². The fourth-order valence-corrected chi connectivity index (χ4v) is 1.97. The average Bonchev–Trinajstić information content (AvgIpc) is 2.33. The second-order valence-corrected chi connectivity index (χ2v) is 4.24. The number of nitrogens with one attached hydrogen (secondary N) is 1. The number of thioether (sulfide) groups is 1. The summed E-state index contributed by atoms with van der Waals surface area (Å²) in [6.45, 7) is 0. The lowest BCUT2D eigenvalue weighted by Crippen LogP contribution is -2.19. The predicted molar refractivity (Wildman–Crippen MR) is 67.3 cm³/mol. The van der Waals surface area contributed by atoms with Crippen LogP contribution in [0.2, 0.25) is 0 Å². The number of H-pyrrole nitrogens is 1. The summed E-state index contributed by atoms with van der Waals surface area (Å²) in [6.07, 6.45) is 3.41. The highest BCUT2D eigenvalue weighted by atomic mass is 32.2. The second-order valence-electron chi connectivity index (χ2n) is 3.47. The summed E-state index contributed by atoms with van der Waals surface area (Å²) < 4.78 is 1.49. The van der Waals surface area contributed by atoms with E-state index in [1.165, 1.54) is 28.5 Å². The molecule has 0 spiro atoms. The molecule has 0 saturated heterocycles. The normalized spacial score (nSPS) is 10.5. The zero-order chi connectivity index (χ0) is 12.4. The maximum atomic E-state index is 11.7. The van der Waals surface area contributed by atoms with Gasteiger partial charge in [0.15, 0.2) is 5.16 Å². The molecule has 2 aromatic rings. The Hall–Kier alpha value is -1.82. The number of hydrogen-bond donors (Lipinski definition) is 1. The molecule has 0 aliphatic rings. The van der Waals surface area contributed by atoms with Crippen LogP contribution < -0.4 is 11.1 Å². The second kappa shape index (κ2) is 4.58. The van der Waals surface area contributed by atoms with Crippen LogP contribution in [-0.4, -0.2) is 20.8 Å². The van der Waals surface area contributed by atoms with Gasteiger partial charge in [-0.3, -0.25) is 14.2 Å². The molecule has 88 valence electrons. The summed E-state index contributed by atoms with van der Waals surface area (Å²) in [5, 5.41) is 0.638. The summed E-state index contributed by atoms with van der Waals surface area (Å²) in [5.41, 5.74) is 0.986. The molecule has 2 heterocycles. The Morgan fingerprint density at radius 3 is 2.71 bits per heavy atom. The van der Waals surface area contributed by atoms with E-state index in [1.54, 1.807) is 19.3 Å². The highest BCUT2D eigenvalue weighted by Crippen LogP contribution is 2.16. The Kier molecular flexibility index (Phi) is 3.14. The number of hydrogen-bond acceptors (Lipinski definition) is 4. The van der Waals surface area contributed by atoms with Crippen molar-refractivity contribution >= 4 is 11.8 Å². The molecular formula is C11H11N3O2S. The Morgan fingerprint density at radius 2 is 2.12 bits per heavy atom. The third-order valence-corrected chi connectivity index (χ3v) is 3.09. The maximum Gasteiger partial charge on any atom is 0.254 e. The first-order chi connectivity index (χ1) is 8.11. The molecule has 0 unspecified atom stereocenters. The molecule has 0 aliphatic heterocycles. The van der Waals surface area contributed by atoms with E-state index in [2.05, 4.69) is 9.97 Å². The number of pyridine rings is 1. The molecule has 17 heavy (non-hydrogen) atoms. The van der Waals surface area contributed by atoms with Crippen molar-refractivity contribution in [3.63, 3.8) is 0 Å². The van der Waals surface area contributed by atoms with Crippen molar-refractivity contribution in [1.29, 1.82) is 0 Å². The van der Waals surface area contributed by atoms with E-state index < -0.39 is 0 Å². The van der Waals surface area contributed by atoms with E-state index in [0.29, 0.717) is 10.9 Å². The SMILES string of the molecule is CSc1nc(-c2ccc(=O)[nH]c2)cc(=O)n1C. The van der Waals surface area contributed by atoms with Crippen LogP contribution in [0.3, 0.4) is 0 Å². The van der Waals surface area contributed by atoms with Gasteiger partial charge in [0.05, 0.1) is 5.69 Å². The van der Waals surface area contributed by atoms with Gasteiger partial charge < -0.3 is 4.98 Å². The maximum absolute atomic E-state index is 11.7. The van der Waals surface area contributed by atoms with Gasteiger partial charge in [-0.2, -0.15) is 0 Å². The Balaban J connectivity index is 2.60. The van der Waals surface area contributed by atoms with E-state index in [4.69, 9.17) is 0 Å². The van der Waals surface area contributed by atoms with Crippen molar-refractivity contribution in [1.82, 2.24) is 14.5 Å². The van der Waals surface area contributed by atoms with Gasteiger partial charge in [-0.15, -0.1) is 0 Å². The third-order valence-electron chi connectivity index (χ3n) is 2.36. The van der Waals surface area contributed by atoms with Gasteiger partial charge in [-0.1, -0.05) is 11.8 Å². The lowest BCUT2D eigenvalue weighted by molar-refractivity contribution is 0.712. The van der Waals surface area contributed by atoms with Crippen molar-refractivity contribution in [2.75, 3.05) is 6.26 Å². The minimum atomic E-state index is -0.178.